The number of aliphatic carboxylic acids is 2. The molecular formula is C24H34ClN3O6. The first-order chi connectivity index (χ1) is 16.2. The smallest absolute Gasteiger partial charge is 0.328 e. The van der Waals surface area contributed by atoms with Crippen molar-refractivity contribution in [2.45, 2.75) is 51.0 Å². The van der Waals surface area contributed by atoms with Crippen molar-refractivity contribution >= 4 is 35.1 Å². The van der Waals surface area contributed by atoms with Crippen LogP contribution in [0.25, 0.3) is 0 Å². The number of nitrogens with two attached hydrogens (primary N) is 1. The molecule has 1 saturated carbocycles. The quantitative estimate of drug-likeness (QED) is 0.333. The molecular weight excluding hydrogens is 462 g/mol. The fraction of sp³-hybridized carbons (Fsp3) is 0.542. The Labute approximate surface area is 204 Å². The molecule has 2 fully saturated rings. The normalized spacial score (nSPS) is 17.6. The second-order valence-corrected chi connectivity index (χ2v) is 9.04. The molecule has 0 bridgehead atoms. The minimum Gasteiger partial charge on any atom is -0.496 e. The molecule has 0 atom stereocenters. The maximum absolute atomic E-state index is 12.7. The van der Waals surface area contributed by atoms with E-state index >= 15 is 0 Å². The zero-order chi connectivity index (χ0) is 25.1. The number of benzene rings is 1. The Hall–Kier alpha value is -2.78. The Bertz CT molecular complexity index is 862. The van der Waals surface area contributed by atoms with Crippen molar-refractivity contribution in [2.75, 3.05) is 32.5 Å². The number of nitrogens with one attached hydrogen (secondary N) is 1. The number of nitrogen functional groups attached to an aromatic ring is 1. The van der Waals surface area contributed by atoms with Gasteiger partial charge in [0.15, 0.2) is 0 Å². The predicted octanol–water partition coefficient (Wildman–Crippen LogP) is 3.42. The van der Waals surface area contributed by atoms with Gasteiger partial charge < -0.3 is 30.9 Å². The van der Waals surface area contributed by atoms with Crippen LogP contribution >= 0.6 is 11.6 Å². The average molecular weight is 496 g/mol. The van der Waals surface area contributed by atoms with Gasteiger partial charge in [0.2, 0.25) is 0 Å². The number of carbonyl (C=O) groups excluding carboxylic acids is 1. The Kier molecular flexibility index (Phi) is 11.2. The highest BCUT2D eigenvalue weighted by molar-refractivity contribution is 6.33. The molecule has 1 aliphatic heterocycles. The fourth-order valence-corrected chi connectivity index (χ4v) is 4.48. The van der Waals surface area contributed by atoms with E-state index in [0.717, 1.165) is 31.8 Å². The molecule has 3 rings (SSSR count). The molecule has 0 radical (unpaired) electrons. The largest absolute Gasteiger partial charge is 0.496 e. The number of halogens is 1. The van der Waals surface area contributed by atoms with E-state index in [9.17, 15) is 14.4 Å². The van der Waals surface area contributed by atoms with E-state index in [2.05, 4.69) is 10.2 Å². The van der Waals surface area contributed by atoms with Gasteiger partial charge in [0.1, 0.15) is 5.75 Å². The lowest BCUT2D eigenvalue weighted by Crippen LogP contribution is -2.46. The number of hydrogen-bond acceptors (Lipinski definition) is 6. The lowest BCUT2D eigenvalue weighted by Gasteiger charge is -2.35. The minimum absolute atomic E-state index is 0.144. The van der Waals surface area contributed by atoms with Gasteiger partial charge in [0, 0.05) is 43.9 Å². The number of carbonyl (C=O) groups is 3. The van der Waals surface area contributed by atoms with Gasteiger partial charge in [-0.2, -0.15) is 0 Å². The number of amides is 1. The summed E-state index contributed by atoms with van der Waals surface area (Å²) < 4.78 is 5.29. The maximum atomic E-state index is 12.7. The Balaban J connectivity index is 0.000000440. The van der Waals surface area contributed by atoms with Crippen LogP contribution in [0.5, 0.6) is 5.75 Å². The molecule has 5 N–H and O–H groups in total. The Morgan fingerprint density at radius 2 is 1.68 bits per heavy atom. The van der Waals surface area contributed by atoms with Crippen LogP contribution < -0.4 is 15.8 Å². The van der Waals surface area contributed by atoms with Crippen molar-refractivity contribution in [3.8, 4) is 5.75 Å². The SMILES string of the molecule is COc1cc(N)c(Cl)cc1C(=O)NC1CCN(CC2CCCCC2)CC1.O=C(O)/C=C/C(=O)O. The molecule has 1 aromatic rings. The molecule has 10 heteroatoms. The molecule has 0 aromatic heterocycles. The van der Waals surface area contributed by atoms with Crippen LogP contribution in [0.15, 0.2) is 24.3 Å². The van der Waals surface area contributed by atoms with Crippen molar-refractivity contribution in [1.29, 1.82) is 0 Å². The number of carboxylic acid groups (broad SMARTS) is 2. The van der Waals surface area contributed by atoms with E-state index in [-0.39, 0.29) is 11.9 Å². The van der Waals surface area contributed by atoms with Crippen molar-refractivity contribution < 1.29 is 29.3 Å². The Morgan fingerprint density at radius 1 is 1.09 bits per heavy atom. The topological polar surface area (TPSA) is 142 Å². The highest BCUT2D eigenvalue weighted by Gasteiger charge is 2.25. The second kappa shape index (κ2) is 13.8. The second-order valence-electron chi connectivity index (χ2n) is 8.64. The first-order valence-electron chi connectivity index (χ1n) is 11.5. The van der Waals surface area contributed by atoms with Gasteiger partial charge in [-0.05, 0) is 37.7 Å². The van der Waals surface area contributed by atoms with E-state index in [1.807, 2.05) is 0 Å². The lowest BCUT2D eigenvalue weighted by molar-refractivity contribution is -0.134. The first-order valence-corrected chi connectivity index (χ1v) is 11.9. The monoisotopic (exact) mass is 495 g/mol. The van der Waals surface area contributed by atoms with E-state index in [0.29, 0.717) is 34.2 Å². The molecule has 1 saturated heterocycles. The molecule has 0 unspecified atom stereocenters. The summed E-state index contributed by atoms with van der Waals surface area (Å²) in [5, 5.41) is 19.1. The third-order valence-electron chi connectivity index (χ3n) is 6.10. The van der Waals surface area contributed by atoms with Gasteiger partial charge in [0.25, 0.3) is 5.91 Å². The zero-order valence-electron chi connectivity index (χ0n) is 19.5. The minimum atomic E-state index is -1.26. The van der Waals surface area contributed by atoms with Crippen LogP contribution in [-0.4, -0.2) is 65.7 Å². The number of ether oxygens (including phenoxy) is 1. The zero-order valence-corrected chi connectivity index (χ0v) is 20.2. The number of methoxy groups -OCH3 is 1. The number of rotatable bonds is 7. The summed E-state index contributed by atoms with van der Waals surface area (Å²) >= 11 is 6.07. The molecule has 1 amide bonds. The van der Waals surface area contributed by atoms with E-state index in [4.69, 9.17) is 32.3 Å². The molecule has 34 heavy (non-hydrogen) atoms. The number of carboxylic acids is 2. The van der Waals surface area contributed by atoms with Gasteiger partial charge in [-0.25, -0.2) is 9.59 Å². The van der Waals surface area contributed by atoms with Gasteiger partial charge in [0.05, 0.1) is 23.4 Å². The van der Waals surface area contributed by atoms with Gasteiger partial charge in [-0.1, -0.05) is 30.9 Å². The fourth-order valence-electron chi connectivity index (χ4n) is 4.32. The molecule has 1 heterocycles. The molecule has 188 valence electrons. The van der Waals surface area contributed by atoms with Crippen LogP contribution in [0.2, 0.25) is 5.02 Å². The molecule has 0 spiro atoms. The van der Waals surface area contributed by atoms with Crippen LogP contribution in [0.4, 0.5) is 5.69 Å². The number of nitrogens with zero attached hydrogens (tertiary/aromatic N) is 1. The highest BCUT2D eigenvalue weighted by Crippen LogP contribution is 2.29. The van der Waals surface area contributed by atoms with Crippen molar-refractivity contribution in [1.82, 2.24) is 10.2 Å². The summed E-state index contributed by atoms with van der Waals surface area (Å²) in [6, 6.07) is 3.39. The molecule has 2 aliphatic rings. The predicted molar refractivity (Wildman–Crippen MR) is 130 cm³/mol. The molecule has 1 aliphatic carbocycles. The average Bonchev–Trinajstić information content (AvgIpc) is 2.81. The molecule has 1 aromatic carbocycles. The summed E-state index contributed by atoms with van der Waals surface area (Å²) in [5.41, 5.74) is 6.65. The maximum Gasteiger partial charge on any atom is 0.328 e. The number of anilines is 1. The van der Waals surface area contributed by atoms with Crippen molar-refractivity contribution in [2.24, 2.45) is 5.92 Å². The summed E-state index contributed by atoms with van der Waals surface area (Å²) in [7, 11) is 1.53. The van der Waals surface area contributed by atoms with Gasteiger partial charge in [-0.3, -0.25) is 4.79 Å². The molecule has 9 nitrogen and oxygen atoms in total. The van der Waals surface area contributed by atoms with Crippen LogP contribution in [0.1, 0.15) is 55.3 Å². The summed E-state index contributed by atoms with van der Waals surface area (Å²) in [6.07, 6.45) is 10.1. The first kappa shape index (κ1) is 27.5. The highest BCUT2D eigenvalue weighted by atomic mass is 35.5. The third-order valence-corrected chi connectivity index (χ3v) is 6.42. The van der Waals surface area contributed by atoms with E-state index in [1.165, 1.54) is 45.8 Å². The number of piperidine rings is 1. The van der Waals surface area contributed by atoms with Gasteiger partial charge in [-0.15, -0.1) is 0 Å². The standard InChI is InChI=1S/C20H30ClN3O2.C4H4O4/c1-26-19-12-18(22)17(21)11-16(19)20(25)23-15-7-9-24(10-8-15)13-14-5-3-2-4-6-14;5-3(6)1-2-4(7)8/h11-12,14-15H,2-10,13,22H2,1H3,(H,23,25);1-2H,(H,5,6)(H,7,8)/b;2-1+. The summed E-state index contributed by atoms with van der Waals surface area (Å²) in [4.78, 5) is 34.3. The van der Waals surface area contributed by atoms with Gasteiger partial charge >= 0.3 is 11.9 Å². The van der Waals surface area contributed by atoms with Crippen LogP contribution in [-0.2, 0) is 9.59 Å². The van der Waals surface area contributed by atoms with Crippen molar-refractivity contribution in [3.05, 3.63) is 34.9 Å². The number of likely N-dealkylation sites (tertiary alicyclic amines) is 1. The van der Waals surface area contributed by atoms with Crippen LogP contribution in [0, 0.1) is 5.92 Å². The van der Waals surface area contributed by atoms with E-state index in [1.54, 1.807) is 12.1 Å². The summed E-state index contributed by atoms with van der Waals surface area (Å²) in [6.45, 7) is 3.34. The summed E-state index contributed by atoms with van der Waals surface area (Å²) in [5.74, 6) is -1.33. The number of hydrogen-bond donors (Lipinski definition) is 4. The van der Waals surface area contributed by atoms with Crippen LogP contribution in [0.3, 0.4) is 0 Å². The van der Waals surface area contributed by atoms with Crippen molar-refractivity contribution in [3.63, 3.8) is 0 Å². The Morgan fingerprint density at radius 3 is 2.21 bits per heavy atom. The lowest BCUT2D eigenvalue weighted by atomic mass is 9.88. The van der Waals surface area contributed by atoms with E-state index < -0.39 is 11.9 Å². The third kappa shape index (κ3) is 9.23.